The molecule has 0 unspecified atom stereocenters. The van der Waals surface area contributed by atoms with E-state index in [0.717, 1.165) is 10.5 Å². The first-order valence-electron chi connectivity index (χ1n) is 5.76. The van der Waals surface area contributed by atoms with Gasteiger partial charge < -0.3 is 5.11 Å². The van der Waals surface area contributed by atoms with E-state index in [1.54, 1.807) is 30.3 Å². The van der Waals surface area contributed by atoms with E-state index in [2.05, 4.69) is 0 Å². The van der Waals surface area contributed by atoms with Gasteiger partial charge in [0.2, 0.25) is 0 Å². The molecular formula is C14H11NO4S. The minimum absolute atomic E-state index is 0.0576. The number of thioether (sulfide) groups is 1. The molecule has 2 aromatic rings. The van der Waals surface area contributed by atoms with E-state index in [1.807, 2.05) is 6.07 Å². The summed E-state index contributed by atoms with van der Waals surface area (Å²) in [4.78, 5) is 21.9. The standard InChI is InChI=1S/C14H11NO4S/c16-14(17)11-3-1-2-10(8-11)9-20-13-6-4-12(5-7-13)15(18)19/h1-8H,9H2,(H,16,17). The van der Waals surface area contributed by atoms with Gasteiger partial charge in [-0.3, -0.25) is 10.1 Å². The zero-order valence-electron chi connectivity index (χ0n) is 10.4. The number of benzene rings is 2. The number of aromatic carboxylic acids is 1. The number of hydrogen-bond acceptors (Lipinski definition) is 4. The van der Waals surface area contributed by atoms with Crippen LogP contribution in [0.1, 0.15) is 15.9 Å². The molecule has 102 valence electrons. The van der Waals surface area contributed by atoms with Crippen LogP contribution < -0.4 is 0 Å². The molecule has 2 rings (SSSR count). The molecule has 1 N–H and O–H groups in total. The van der Waals surface area contributed by atoms with E-state index in [4.69, 9.17) is 5.11 Å². The van der Waals surface area contributed by atoms with Crippen molar-refractivity contribution in [1.29, 1.82) is 0 Å². The Kier molecular flexibility index (Phi) is 4.37. The number of carboxylic acids is 1. The van der Waals surface area contributed by atoms with Crippen LogP contribution in [-0.2, 0) is 5.75 Å². The molecule has 0 amide bonds. The molecule has 2 aromatic carbocycles. The Balaban J connectivity index is 2.03. The maximum atomic E-state index is 10.9. The quantitative estimate of drug-likeness (QED) is 0.517. The highest BCUT2D eigenvalue weighted by Gasteiger charge is 2.06. The van der Waals surface area contributed by atoms with Crippen molar-refractivity contribution in [1.82, 2.24) is 0 Å². The van der Waals surface area contributed by atoms with Crippen LogP contribution in [0.25, 0.3) is 0 Å². The molecule has 20 heavy (non-hydrogen) atoms. The van der Waals surface area contributed by atoms with Crippen molar-refractivity contribution < 1.29 is 14.8 Å². The molecule has 0 aliphatic rings. The first-order chi connectivity index (χ1) is 9.56. The van der Waals surface area contributed by atoms with Gasteiger partial charge in [0, 0.05) is 22.8 Å². The predicted molar refractivity (Wildman–Crippen MR) is 76.1 cm³/mol. The van der Waals surface area contributed by atoms with Gasteiger partial charge in [-0.25, -0.2) is 4.79 Å². The lowest BCUT2D eigenvalue weighted by molar-refractivity contribution is -0.384. The fourth-order valence-electron chi connectivity index (χ4n) is 1.62. The highest BCUT2D eigenvalue weighted by atomic mass is 32.2. The molecule has 0 saturated carbocycles. The SMILES string of the molecule is O=C(O)c1cccc(CSc2ccc([N+](=O)[O-])cc2)c1. The summed E-state index contributed by atoms with van der Waals surface area (Å²) in [5.74, 6) is -0.342. The minimum atomic E-state index is -0.952. The molecule has 0 aliphatic carbocycles. The second-order valence-corrected chi connectivity index (χ2v) is 5.09. The van der Waals surface area contributed by atoms with Gasteiger partial charge in [0.25, 0.3) is 5.69 Å². The Morgan fingerprint density at radius 1 is 1.20 bits per heavy atom. The number of rotatable bonds is 5. The molecule has 0 atom stereocenters. The Morgan fingerprint density at radius 2 is 1.90 bits per heavy atom. The van der Waals surface area contributed by atoms with Crippen LogP contribution in [0.5, 0.6) is 0 Å². The highest BCUT2D eigenvalue weighted by molar-refractivity contribution is 7.98. The minimum Gasteiger partial charge on any atom is -0.478 e. The van der Waals surface area contributed by atoms with Gasteiger partial charge in [0.1, 0.15) is 0 Å². The van der Waals surface area contributed by atoms with E-state index in [0.29, 0.717) is 5.75 Å². The molecular weight excluding hydrogens is 278 g/mol. The van der Waals surface area contributed by atoms with Gasteiger partial charge in [-0.2, -0.15) is 0 Å². The Labute approximate surface area is 119 Å². The van der Waals surface area contributed by atoms with Crippen LogP contribution >= 0.6 is 11.8 Å². The van der Waals surface area contributed by atoms with Crippen LogP contribution in [-0.4, -0.2) is 16.0 Å². The summed E-state index contributed by atoms with van der Waals surface area (Å²) in [5, 5.41) is 19.4. The third-order valence-electron chi connectivity index (χ3n) is 2.63. The molecule has 0 heterocycles. The van der Waals surface area contributed by atoms with Crippen molar-refractivity contribution in [2.24, 2.45) is 0 Å². The number of non-ortho nitro benzene ring substituents is 1. The van der Waals surface area contributed by atoms with Crippen molar-refractivity contribution in [2.75, 3.05) is 0 Å². The average molecular weight is 289 g/mol. The largest absolute Gasteiger partial charge is 0.478 e. The lowest BCUT2D eigenvalue weighted by Gasteiger charge is -2.03. The van der Waals surface area contributed by atoms with E-state index in [9.17, 15) is 14.9 Å². The summed E-state index contributed by atoms with van der Waals surface area (Å²) in [5.41, 5.74) is 1.21. The summed E-state index contributed by atoms with van der Waals surface area (Å²) in [6.45, 7) is 0. The van der Waals surface area contributed by atoms with E-state index in [-0.39, 0.29) is 11.3 Å². The lowest BCUT2D eigenvalue weighted by atomic mass is 10.1. The third-order valence-corrected chi connectivity index (χ3v) is 3.71. The Bertz CT molecular complexity index is 640. The first kappa shape index (κ1) is 14.1. The average Bonchev–Trinajstić information content (AvgIpc) is 2.46. The smallest absolute Gasteiger partial charge is 0.335 e. The van der Waals surface area contributed by atoms with Crippen molar-refractivity contribution in [2.45, 2.75) is 10.6 Å². The summed E-state index contributed by atoms with van der Waals surface area (Å²) in [7, 11) is 0. The molecule has 0 spiro atoms. The molecule has 0 aliphatic heterocycles. The Hall–Kier alpha value is -2.34. The van der Waals surface area contributed by atoms with Crippen molar-refractivity contribution in [3.05, 3.63) is 69.8 Å². The topological polar surface area (TPSA) is 80.4 Å². The van der Waals surface area contributed by atoms with E-state index in [1.165, 1.54) is 23.9 Å². The third kappa shape index (κ3) is 3.58. The summed E-state index contributed by atoms with van der Waals surface area (Å²) in [6, 6.07) is 13.0. The van der Waals surface area contributed by atoms with Gasteiger partial charge in [-0.1, -0.05) is 12.1 Å². The Morgan fingerprint density at radius 3 is 2.50 bits per heavy atom. The van der Waals surface area contributed by atoms with E-state index >= 15 is 0 Å². The number of carbonyl (C=O) groups is 1. The second-order valence-electron chi connectivity index (χ2n) is 4.05. The molecule has 0 radical (unpaired) electrons. The zero-order valence-corrected chi connectivity index (χ0v) is 11.2. The molecule has 6 heteroatoms. The van der Waals surface area contributed by atoms with Gasteiger partial charge in [0.15, 0.2) is 0 Å². The lowest BCUT2D eigenvalue weighted by Crippen LogP contribution is -1.96. The predicted octanol–water partition coefficient (Wildman–Crippen LogP) is 3.59. The molecule has 0 aromatic heterocycles. The molecule has 5 nitrogen and oxygen atoms in total. The van der Waals surface area contributed by atoms with Gasteiger partial charge in [0.05, 0.1) is 10.5 Å². The molecule has 0 saturated heterocycles. The molecule has 0 bridgehead atoms. The highest BCUT2D eigenvalue weighted by Crippen LogP contribution is 2.25. The summed E-state index contributed by atoms with van der Waals surface area (Å²) in [6.07, 6.45) is 0. The van der Waals surface area contributed by atoms with Crippen molar-refractivity contribution in [3.63, 3.8) is 0 Å². The number of nitro groups is 1. The van der Waals surface area contributed by atoms with Crippen molar-refractivity contribution in [3.8, 4) is 0 Å². The maximum absolute atomic E-state index is 10.9. The van der Waals surface area contributed by atoms with Crippen LogP contribution in [0.2, 0.25) is 0 Å². The summed E-state index contributed by atoms with van der Waals surface area (Å²) >= 11 is 1.50. The fraction of sp³-hybridized carbons (Fsp3) is 0.0714. The van der Waals surface area contributed by atoms with Crippen LogP contribution in [0.4, 0.5) is 5.69 Å². The number of nitro benzene ring substituents is 1. The van der Waals surface area contributed by atoms with Crippen LogP contribution in [0.15, 0.2) is 53.4 Å². The van der Waals surface area contributed by atoms with Gasteiger partial charge >= 0.3 is 5.97 Å². The monoisotopic (exact) mass is 289 g/mol. The first-order valence-corrected chi connectivity index (χ1v) is 6.74. The summed E-state index contributed by atoms with van der Waals surface area (Å²) < 4.78 is 0. The van der Waals surface area contributed by atoms with Crippen molar-refractivity contribution >= 4 is 23.4 Å². The second kappa shape index (κ2) is 6.21. The van der Waals surface area contributed by atoms with E-state index < -0.39 is 10.9 Å². The number of carboxylic acid groups (broad SMARTS) is 1. The van der Waals surface area contributed by atoms with Crippen LogP contribution in [0, 0.1) is 10.1 Å². The maximum Gasteiger partial charge on any atom is 0.335 e. The molecule has 0 fully saturated rings. The normalized spacial score (nSPS) is 10.2. The zero-order chi connectivity index (χ0) is 14.5. The fourth-order valence-corrected chi connectivity index (χ4v) is 2.47. The van der Waals surface area contributed by atoms with Crippen LogP contribution in [0.3, 0.4) is 0 Å². The number of hydrogen-bond donors (Lipinski definition) is 1. The van der Waals surface area contributed by atoms with Gasteiger partial charge in [-0.05, 0) is 29.8 Å². The number of nitrogens with zero attached hydrogens (tertiary/aromatic N) is 1. The van der Waals surface area contributed by atoms with Gasteiger partial charge in [-0.15, -0.1) is 11.8 Å².